The minimum absolute atomic E-state index is 0.776. The van der Waals surface area contributed by atoms with E-state index in [0.717, 1.165) is 35.2 Å². The third-order valence-electron chi connectivity index (χ3n) is 3.94. The van der Waals surface area contributed by atoms with Crippen molar-refractivity contribution in [3.8, 4) is 5.75 Å². The number of ether oxygens (including phenoxy) is 1. The van der Waals surface area contributed by atoms with E-state index in [2.05, 4.69) is 5.32 Å². The molecule has 4 heteroatoms. The second-order valence-electron chi connectivity index (χ2n) is 5.57. The van der Waals surface area contributed by atoms with Gasteiger partial charge < -0.3 is 14.6 Å². The van der Waals surface area contributed by atoms with E-state index in [1.165, 1.54) is 32.4 Å². The van der Waals surface area contributed by atoms with Crippen LogP contribution in [-0.4, -0.2) is 30.5 Å². The Kier molecular flexibility index (Phi) is 6.20. The number of benzene rings is 1. The van der Waals surface area contributed by atoms with Crippen LogP contribution < -0.4 is 10.1 Å². The fourth-order valence-corrected chi connectivity index (χ4v) is 3.54. The largest absolute Gasteiger partial charge is 0.612 e. The standard InChI is InChI=1S/C16H25NO2S/c1-13-12-15(5-6-16(13)20(2)18)19-11-3-4-14-7-9-17-10-8-14/h5-6,12,14,17H,3-4,7-11H2,1-2H3. The molecule has 0 aromatic heterocycles. The normalized spacial score (nSPS) is 17.9. The summed E-state index contributed by atoms with van der Waals surface area (Å²) in [7, 11) is 0. The van der Waals surface area contributed by atoms with Gasteiger partial charge in [0.2, 0.25) is 0 Å². The van der Waals surface area contributed by atoms with Crippen molar-refractivity contribution in [3.05, 3.63) is 23.8 Å². The number of rotatable bonds is 6. The van der Waals surface area contributed by atoms with Gasteiger partial charge in [0.05, 0.1) is 6.61 Å². The number of piperidine rings is 1. The molecule has 0 radical (unpaired) electrons. The highest BCUT2D eigenvalue weighted by Crippen LogP contribution is 2.22. The minimum Gasteiger partial charge on any atom is -0.612 e. The van der Waals surface area contributed by atoms with Gasteiger partial charge in [-0.3, -0.25) is 0 Å². The third-order valence-corrected chi connectivity index (χ3v) is 5.02. The van der Waals surface area contributed by atoms with Gasteiger partial charge in [-0.2, -0.15) is 0 Å². The van der Waals surface area contributed by atoms with Crippen LogP contribution in [-0.2, 0) is 11.2 Å². The first kappa shape index (κ1) is 15.7. The molecule has 3 nitrogen and oxygen atoms in total. The zero-order chi connectivity index (χ0) is 14.4. The van der Waals surface area contributed by atoms with Gasteiger partial charge in [0, 0.05) is 5.56 Å². The molecule has 1 aromatic rings. The molecule has 1 aliphatic rings. The molecule has 1 unspecified atom stereocenters. The van der Waals surface area contributed by atoms with Crippen LogP contribution in [0.25, 0.3) is 0 Å². The predicted molar refractivity (Wildman–Crippen MR) is 83.8 cm³/mol. The highest BCUT2D eigenvalue weighted by Gasteiger charge is 2.12. The van der Waals surface area contributed by atoms with Gasteiger partial charge in [-0.15, -0.1) is 0 Å². The van der Waals surface area contributed by atoms with E-state index in [-0.39, 0.29) is 0 Å². The summed E-state index contributed by atoms with van der Waals surface area (Å²) in [6, 6.07) is 5.82. The summed E-state index contributed by atoms with van der Waals surface area (Å²) in [4.78, 5) is 0.895. The zero-order valence-corrected chi connectivity index (χ0v) is 13.3. The SMILES string of the molecule is Cc1cc(OCCCC2CCNCC2)ccc1[S+](C)[O-]. The molecule has 20 heavy (non-hydrogen) atoms. The van der Waals surface area contributed by atoms with E-state index in [4.69, 9.17) is 4.74 Å². The first-order valence-corrected chi connectivity index (χ1v) is 9.00. The van der Waals surface area contributed by atoms with Gasteiger partial charge in [0.1, 0.15) is 12.0 Å². The van der Waals surface area contributed by atoms with Crippen LogP contribution in [0.4, 0.5) is 0 Å². The van der Waals surface area contributed by atoms with E-state index in [9.17, 15) is 4.55 Å². The first-order chi connectivity index (χ1) is 9.66. The highest BCUT2D eigenvalue weighted by molar-refractivity contribution is 7.90. The van der Waals surface area contributed by atoms with Crippen molar-refractivity contribution in [1.29, 1.82) is 0 Å². The van der Waals surface area contributed by atoms with Crippen LogP contribution in [0.1, 0.15) is 31.2 Å². The maximum atomic E-state index is 11.5. The van der Waals surface area contributed by atoms with Crippen LogP contribution in [0.3, 0.4) is 0 Å². The second kappa shape index (κ2) is 7.91. The van der Waals surface area contributed by atoms with Crippen LogP contribution in [0.5, 0.6) is 5.75 Å². The van der Waals surface area contributed by atoms with Gasteiger partial charge in [-0.1, -0.05) is 0 Å². The van der Waals surface area contributed by atoms with Gasteiger partial charge in [-0.05, 0) is 81.0 Å². The van der Waals surface area contributed by atoms with Crippen molar-refractivity contribution >= 4 is 11.2 Å². The lowest BCUT2D eigenvalue weighted by Gasteiger charge is -2.22. The first-order valence-electron chi connectivity index (χ1n) is 7.44. The Morgan fingerprint density at radius 2 is 2.10 bits per heavy atom. The van der Waals surface area contributed by atoms with Crippen molar-refractivity contribution < 1.29 is 9.29 Å². The van der Waals surface area contributed by atoms with Gasteiger partial charge in [-0.25, -0.2) is 0 Å². The van der Waals surface area contributed by atoms with Crippen molar-refractivity contribution in [2.75, 3.05) is 26.0 Å². The van der Waals surface area contributed by atoms with Crippen LogP contribution in [0.2, 0.25) is 0 Å². The van der Waals surface area contributed by atoms with Gasteiger partial charge in [0.25, 0.3) is 0 Å². The summed E-state index contributed by atoms with van der Waals surface area (Å²) < 4.78 is 17.3. The second-order valence-corrected chi connectivity index (χ2v) is 6.91. The molecule has 1 aliphatic heterocycles. The van der Waals surface area contributed by atoms with E-state index < -0.39 is 11.2 Å². The fourth-order valence-electron chi connectivity index (χ4n) is 2.77. The topological polar surface area (TPSA) is 44.3 Å². The molecule has 1 fully saturated rings. The molecule has 1 saturated heterocycles. The lowest BCUT2D eigenvalue weighted by Crippen LogP contribution is -2.27. The molecular weight excluding hydrogens is 270 g/mol. The molecule has 0 spiro atoms. The molecule has 1 heterocycles. The lowest BCUT2D eigenvalue weighted by atomic mass is 9.93. The van der Waals surface area contributed by atoms with Crippen LogP contribution >= 0.6 is 0 Å². The zero-order valence-electron chi connectivity index (χ0n) is 12.5. The van der Waals surface area contributed by atoms with Gasteiger partial charge >= 0.3 is 0 Å². The Balaban J connectivity index is 1.72. The molecule has 1 atom stereocenters. The van der Waals surface area contributed by atoms with E-state index in [0.29, 0.717) is 0 Å². The van der Waals surface area contributed by atoms with E-state index in [1.54, 1.807) is 6.26 Å². The summed E-state index contributed by atoms with van der Waals surface area (Å²) in [6.45, 7) is 5.09. The Morgan fingerprint density at radius 1 is 1.35 bits per heavy atom. The fraction of sp³-hybridized carbons (Fsp3) is 0.625. The smallest absolute Gasteiger partial charge is 0.155 e. The average molecular weight is 295 g/mol. The van der Waals surface area contributed by atoms with E-state index in [1.807, 2.05) is 25.1 Å². The molecule has 112 valence electrons. The van der Waals surface area contributed by atoms with Crippen molar-refractivity contribution in [3.63, 3.8) is 0 Å². The van der Waals surface area contributed by atoms with Crippen molar-refractivity contribution in [2.24, 2.45) is 5.92 Å². The Labute approximate surface area is 125 Å². The maximum Gasteiger partial charge on any atom is 0.155 e. The molecule has 0 amide bonds. The summed E-state index contributed by atoms with van der Waals surface area (Å²) in [5, 5.41) is 3.40. The summed E-state index contributed by atoms with van der Waals surface area (Å²) >= 11 is -0.921. The Hall–Kier alpha value is -0.710. The van der Waals surface area contributed by atoms with Crippen molar-refractivity contribution in [2.45, 2.75) is 37.5 Å². The van der Waals surface area contributed by atoms with Crippen LogP contribution in [0, 0.1) is 12.8 Å². The number of aryl methyl sites for hydroxylation is 1. The molecule has 0 saturated carbocycles. The maximum absolute atomic E-state index is 11.5. The number of hydrogen-bond acceptors (Lipinski definition) is 3. The Bertz CT molecular complexity index is 417. The summed E-state index contributed by atoms with van der Waals surface area (Å²) in [6.07, 6.45) is 6.69. The summed E-state index contributed by atoms with van der Waals surface area (Å²) in [5.74, 6) is 1.76. The molecule has 0 bridgehead atoms. The molecule has 1 N–H and O–H groups in total. The lowest BCUT2D eigenvalue weighted by molar-refractivity contribution is 0.273. The molecule has 1 aromatic carbocycles. The Morgan fingerprint density at radius 3 is 2.75 bits per heavy atom. The number of nitrogens with one attached hydrogen (secondary N) is 1. The highest BCUT2D eigenvalue weighted by atomic mass is 32.2. The average Bonchev–Trinajstić information content (AvgIpc) is 2.44. The number of hydrogen-bond donors (Lipinski definition) is 1. The molecular formula is C16H25NO2S. The predicted octanol–water partition coefficient (Wildman–Crippen LogP) is 2.89. The van der Waals surface area contributed by atoms with E-state index >= 15 is 0 Å². The van der Waals surface area contributed by atoms with Crippen molar-refractivity contribution in [1.82, 2.24) is 5.32 Å². The molecule has 2 rings (SSSR count). The molecule has 0 aliphatic carbocycles. The third kappa shape index (κ3) is 4.69. The summed E-state index contributed by atoms with van der Waals surface area (Å²) in [5.41, 5.74) is 1.04. The minimum atomic E-state index is -0.921. The van der Waals surface area contributed by atoms with Gasteiger partial charge in [0.15, 0.2) is 4.90 Å². The van der Waals surface area contributed by atoms with Crippen LogP contribution in [0.15, 0.2) is 23.1 Å². The monoisotopic (exact) mass is 295 g/mol. The quantitative estimate of drug-likeness (QED) is 0.648.